The first kappa shape index (κ1) is 14.7. The van der Waals surface area contributed by atoms with Crippen LogP contribution in [0.2, 0.25) is 0 Å². The molecular formula is C15H17NO3S. The Hall–Kier alpha value is -1.75. The second kappa shape index (κ2) is 6.61. The zero-order chi connectivity index (χ0) is 14.5. The van der Waals surface area contributed by atoms with Crippen LogP contribution in [0, 0.1) is 0 Å². The number of ether oxygens (including phenoxy) is 1. The Labute approximate surface area is 122 Å². The highest BCUT2D eigenvalue weighted by Crippen LogP contribution is 2.44. The van der Waals surface area contributed by atoms with Crippen molar-refractivity contribution in [1.29, 1.82) is 0 Å². The van der Waals surface area contributed by atoms with Crippen LogP contribution < -0.4 is 4.90 Å². The minimum absolute atomic E-state index is 0.0380. The van der Waals surface area contributed by atoms with E-state index in [-0.39, 0.29) is 18.2 Å². The van der Waals surface area contributed by atoms with E-state index in [4.69, 9.17) is 0 Å². The first-order chi connectivity index (χ1) is 9.61. The summed E-state index contributed by atoms with van der Waals surface area (Å²) >= 11 is 1.59. The molecule has 0 saturated heterocycles. The number of para-hydroxylation sites is 1. The molecule has 0 unspecified atom stereocenters. The van der Waals surface area contributed by atoms with Gasteiger partial charge in [0.1, 0.15) is 0 Å². The summed E-state index contributed by atoms with van der Waals surface area (Å²) in [6.45, 7) is 0. The highest BCUT2D eigenvalue weighted by Gasteiger charge is 2.21. The number of hydrogen-bond acceptors (Lipinski definition) is 5. The molecule has 0 bridgehead atoms. The highest BCUT2D eigenvalue weighted by atomic mass is 32.2. The molecule has 106 valence electrons. The molecule has 0 aliphatic carbocycles. The van der Waals surface area contributed by atoms with E-state index in [2.05, 4.69) is 4.74 Å². The number of esters is 1. The second-order valence-electron chi connectivity index (χ2n) is 4.51. The minimum atomic E-state index is -0.273. The van der Waals surface area contributed by atoms with Gasteiger partial charge in [0.25, 0.3) is 0 Å². The summed E-state index contributed by atoms with van der Waals surface area (Å²) < 4.78 is 4.55. The SMILES string of the molecule is COC(=O)CCCC(=O)/C=C1\Sc2ccccc2N1C. The molecule has 1 aliphatic heterocycles. The topological polar surface area (TPSA) is 46.6 Å². The predicted octanol–water partition coefficient (Wildman–Crippen LogP) is 2.98. The van der Waals surface area contributed by atoms with Gasteiger partial charge in [0.05, 0.1) is 17.8 Å². The van der Waals surface area contributed by atoms with E-state index in [0.29, 0.717) is 12.8 Å². The molecule has 1 aromatic carbocycles. The summed E-state index contributed by atoms with van der Waals surface area (Å²) in [6.07, 6.45) is 2.83. The number of nitrogens with zero attached hydrogens (tertiary/aromatic N) is 1. The molecule has 0 aromatic heterocycles. The monoisotopic (exact) mass is 291 g/mol. The van der Waals surface area contributed by atoms with E-state index in [1.54, 1.807) is 17.8 Å². The van der Waals surface area contributed by atoms with Gasteiger partial charge in [-0.15, -0.1) is 0 Å². The van der Waals surface area contributed by atoms with Gasteiger partial charge in [0.2, 0.25) is 0 Å². The maximum atomic E-state index is 11.9. The number of anilines is 1. The van der Waals surface area contributed by atoms with E-state index in [0.717, 1.165) is 15.6 Å². The molecule has 0 amide bonds. The number of rotatable bonds is 5. The molecule has 1 aromatic rings. The first-order valence-electron chi connectivity index (χ1n) is 6.44. The number of carbonyl (C=O) groups is 2. The first-order valence-corrected chi connectivity index (χ1v) is 7.25. The van der Waals surface area contributed by atoms with Gasteiger partial charge in [0, 0.05) is 30.9 Å². The third-order valence-corrected chi connectivity index (χ3v) is 4.25. The van der Waals surface area contributed by atoms with Crippen LogP contribution in [-0.2, 0) is 14.3 Å². The summed E-state index contributed by atoms with van der Waals surface area (Å²) in [5.74, 6) is -0.235. The molecule has 20 heavy (non-hydrogen) atoms. The van der Waals surface area contributed by atoms with Crippen molar-refractivity contribution < 1.29 is 14.3 Å². The normalized spacial score (nSPS) is 15.3. The maximum Gasteiger partial charge on any atom is 0.305 e. The molecular weight excluding hydrogens is 274 g/mol. The van der Waals surface area contributed by atoms with Gasteiger partial charge in [-0.3, -0.25) is 9.59 Å². The number of fused-ring (bicyclic) bond motifs is 1. The number of hydrogen-bond donors (Lipinski definition) is 0. The van der Waals surface area contributed by atoms with Crippen molar-refractivity contribution in [2.45, 2.75) is 24.2 Å². The summed E-state index contributed by atoms with van der Waals surface area (Å²) in [7, 11) is 3.31. The van der Waals surface area contributed by atoms with E-state index >= 15 is 0 Å². The van der Waals surface area contributed by atoms with Gasteiger partial charge in [-0.2, -0.15) is 0 Å². The lowest BCUT2D eigenvalue weighted by Crippen LogP contribution is -2.11. The van der Waals surface area contributed by atoms with Crippen molar-refractivity contribution in [3.63, 3.8) is 0 Å². The molecule has 4 nitrogen and oxygen atoms in total. The lowest BCUT2D eigenvalue weighted by molar-refractivity contribution is -0.140. The van der Waals surface area contributed by atoms with E-state index in [1.807, 2.05) is 36.2 Å². The predicted molar refractivity (Wildman–Crippen MR) is 79.7 cm³/mol. The third kappa shape index (κ3) is 3.42. The second-order valence-corrected chi connectivity index (χ2v) is 5.57. The maximum absolute atomic E-state index is 11.9. The van der Waals surface area contributed by atoms with Crippen LogP contribution in [0.25, 0.3) is 0 Å². The zero-order valence-corrected chi connectivity index (χ0v) is 12.4. The largest absolute Gasteiger partial charge is 0.469 e. The van der Waals surface area contributed by atoms with Gasteiger partial charge >= 0.3 is 5.97 Å². The quantitative estimate of drug-likeness (QED) is 0.616. The summed E-state index contributed by atoms with van der Waals surface area (Å²) in [4.78, 5) is 26.0. The average molecular weight is 291 g/mol. The molecule has 0 fully saturated rings. The van der Waals surface area contributed by atoms with Gasteiger partial charge in [-0.1, -0.05) is 23.9 Å². The van der Waals surface area contributed by atoms with Crippen LogP contribution in [0.4, 0.5) is 5.69 Å². The Morgan fingerprint density at radius 3 is 2.75 bits per heavy atom. The molecule has 5 heteroatoms. The number of benzene rings is 1. The fraction of sp³-hybridized carbons (Fsp3) is 0.333. The lowest BCUT2D eigenvalue weighted by Gasteiger charge is -2.12. The Morgan fingerprint density at radius 2 is 2.05 bits per heavy atom. The Bertz CT molecular complexity index is 554. The molecule has 1 heterocycles. The third-order valence-electron chi connectivity index (χ3n) is 3.09. The molecule has 0 spiro atoms. The zero-order valence-electron chi connectivity index (χ0n) is 11.6. The molecule has 1 aliphatic rings. The number of methoxy groups -OCH3 is 1. The summed E-state index contributed by atoms with van der Waals surface area (Å²) in [5, 5.41) is 0.925. The summed E-state index contributed by atoms with van der Waals surface area (Å²) in [5.41, 5.74) is 1.12. The van der Waals surface area contributed by atoms with Crippen LogP contribution in [0.5, 0.6) is 0 Å². The Balaban J connectivity index is 1.93. The van der Waals surface area contributed by atoms with E-state index in [9.17, 15) is 9.59 Å². The van der Waals surface area contributed by atoms with Crippen molar-refractivity contribution in [3.8, 4) is 0 Å². The Kier molecular flexibility index (Phi) is 4.84. The average Bonchev–Trinajstić information content (AvgIpc) is 2.75. The molecule has 0 radical (unpaired) electrons. The highest BCUT2D eigenvalue weighted by molar-refractivity contribution is 8.03. The summed E-state index contributed by atoms with van der Waals surface area (Å²) in [6, 6.07) is 8.04. The molecule has 0 atom stereocenters. The van der Waals surface area contributed by atoms with E-state index < -0.39 is 0 Å². The number of thioether (sulfide) groups is 1. The van der Waals surface area contributed by atoms with Crippen molar-refractivity contribution in [2.24, 2.45) is 0 Å². The smallest absolute Gasteiger partial charge is 0.305 e. The number of allylic oxidation sites excluding steroid dienone is 1. The van der Waals surface area contributed by atoms with Crippen molar-refractivity contribution in [2.75, 3.05) is 19.1 Å². The van der Waals surface area contributed by atoms with Crippen LogP contribution in [0.3, 0.4) is 0 Å². The standard InChI is InChI=1S/C15H17NO3S/c1-16-12-7-3-4-8-13(12)20-14(16)10-11(17)6-5-9-15(18)19-2/h3-4,7-8,10H,5-6,9H2,1-2H3/b14-10-. The van der Waals surface area contributed by atoms with Crippen LogP contribution >= 0.6 is 11.8 Å². The lowest BCUT2D eigenvalue weighted by atomic mass is 10.2. The van der Waals surface area contributed by atoms with Crippen LogP contribution in [0.15, 0.2) is 40.3 Å². The Morgan fingerprint density at radius 1 is 1.30 bits per heavy atom. The fourth-order valence-corrected chi connectivity index (χ4v) is 3.07. The van der Waals surface area contributed by atoms with Gasteiger partial charge in [0.15, 0.2) is 5.78 Å². The van der Waals surface area contributed by atoms with Crippen molar-refractivity contribution in [3.05, 3.63) is 35.4 Å². The van der Waals surface area contributed by atoms with Crippen LogP contribution in [-0.4, -0.2) is 25.9 Å². The molecule has 0 N–H and O–H groups in total. The minimum Gasteiger partial charge on any atom is -0.469 e. The van der Waals surface area contributed by atoms with Crippen molar-refractivity contribution in [1.82, 2.24) is 0 Å². The van der Waals surface area contributed by atoms with Crippen LogP contribution in [0.1, 0.15) is 19.3 Å². The van der Waals surface area contributed by atoms with Gasteiger partial charge in [-0.05, 0) is 18.6 Å². The molecule has 2 rings (SSSR count). The van der Waals surface area contributed by atoms with Gasteiger partial charge < -0.3 is 9.64 Å². The molecule has 0 saturated carbocycles. The number of carbonyl (C=O) groups excluding carboxylic acids is 2. The van der Waals surface area contributed by atoms with Crippen molar-refractivity contribution >= 4 is 29.2 Å². The fourth-order valence-electron chi connectivity index (χ4n) is 1.97. The van der Waals surface area contributed by atoms with E-state index in [1.165, 1.54) is 7.11 Å². The van der Waals surface area contributed by atoms with Gasteiger partial charge in [-0.25, -0.2) is 0 Å². The number of ketones is 1.